The topological polar surface area (TPSA) is 112 Å². The molecule has 0 unspecified atom stereocenters. The molecule has 0 spiro atoms. The average molecular weight is 328 g/mol. The summed E-state index contributed by atoms with van der Waals surface area (Å²) in [6.07, 6.45) is 2.98. The number of carbonyl (C=O) groups is 1. The second kappa shape index (κ2) is 7.09. The maximum absolute atomic E-state index is 12.0. The molecule has 0 radical (unpaired) electrons. The molecule has 3 heterocycles. The molecule has 1 fully saturated rings. The zero-order valence-corrected chi connectivity index (χ0v) is 13.4. The lowest BCUT2D eigenvalue weighted by Gasteiger charge is -2.33. The Hall–Kier alpha value is -2.94. The summed E-state index contributed by atoms with van der Waals surface area (Å²) in [6.45, 7) is 3.58. The Morgan fingerprint density at radius 1 is 1.17 bits per heavy atom. The highest BCUT2D eigenvalue weighted by Gasteiger charge is 2.19. The molecular weight excluding hydrogens is 308 g/mol. The highest BCUT2D eigenvalue weighted by atomic mass is 16.2. The second-order valence-electron chi connectivity index (χ2n) is 5.54. The Balaban J connectivity index is 1.68. The third kappa shape index (κ3) is 3.51. The van der Waals surface area contributed by atoms with Gasteiger partial charge in [0, 0.05) is 32.4 Å². The van der Waals surface area contributed by atoms with E-state index in [0.717, 1.165) is 26.2 Å². The molecule has 2 aromatic rings. The van der Waals surface area contributed by atoms with Crippen molar-refractivity contribution in [3.63, 3.8) is 0 Å². The van der Waals surface area contributed by atoms with Crippen molar-refractivity contribution in [1.29, 1.82) is 0 Å². The third-order valence-electron chi connectivity index (χ3n) is 3.86. The van der Waals surface area contributed by atoms with Gasteiger partial charge in [0.25, 0.3) is 5.91 Å². The normalized spacial score (nSPS) is 15.1. The van der Waals surface area contributed by atoms with Gasteiger partial charge < -0.3 is 15.5 Å². The minimum atomic E-state index is -0.366. The number of hydrazine groups is 1. The molecule has 0 atom stereocenters. The predicted octanol–water partition coefficient (Wildman–Crippen LogP) is -0.0375. The minimum absolute atomic E-state index is 0.303. The van der Waals surface area contributed by atoms with E-state index in [1.807, 2.05) is 0 Å². The number of nitrogens with one attached hydrogen (secondary N) is 2. The number of nitrogens with zero attached hydrogens (tertiary/aromatic N) is 5. The molecule has 126 valence electrons. The Labute approximate surface area is 139 Å². The van der Waals surface area contributed by atoms with Crippen molar-refractivity contribution in [2.24, 2.45) is 0 Å². The Kier molecular flexibility index (Phi) is 4.71. The SMILES string of the molecule is CN1CCN(c2ncnc(NNC(=O)c3ccccn3)c2N)CC1. The summed E-state index contributed by atoms with van der Waals surface area (Å²) in [5, 5.41) is 0. The summed E-state index contributed by atoms with van der Waals surface area (Å²) in [6, 6.07) is 5.11. The Bertz CT molecular complexity index is 700. The molecule has 1 amide bonds. The Morgan fingerprint density at radius 2 is 1.96 bits per heavy atom. The molecule has 9 heteroatoms. The second-order valence-corrected chi connectivity index (χ2v) is 5.54. The van der Waals surface area contributed by atoms with Crippen LogP contribution in [0.2, 0.25) is 0 Å². The van der Waals surface area contributed by atoms with E-state index in [9.17, 15) is 4.79 Å². The summed E-state index contributed by atoms with van der Waals surface area (Å²) in [5.41, 5.74) is 12.2. The van der Waals surface area contributed by atoms with Crippen LogP contribution in [0.25, 0.3) is 0 Å². The van der Waals surface area contributed by atoms with E-state index in [-0.39, 0.29) is 5.91 Å². The number of amides is 1. The molecule has 4 N–H and O–H groups in total. The number of likely N-dealkylation sites (N-methyl/N-ethyl adjacent to an activating group) is 1. The van der Waals surface area contributed by atoms with E-state index in [1.165, 1.54) is 6.33 Å². The lowest BCUT2D eigenvalue weighted by molar-refractivity contribution is 0.0957. The quantitative estimate of drug-likeness (QED) is 0.670. The van der Waals surface area contributed by atoms with E-state index < -0.39 is 0 Å². The number of hydrogen-bond acceptors (Lipinski definition) is 8. The number of rotatable bonds is 4. The highest BCUT2D eigenvalue weighted by Crippen LogP contribution is 2.26. The lowest BCUT2D eigenvalue weighted by Crippen LogP contribution is -2.45. The van der Waals surface area contributed by atoms with Gasteiger partial charge in [-0.25, -0.2) is 9.97 Å². The van der Waals surface area contributed by atoms with Crippen LogP contribution >= 0.6 is 0 Å². The van der Waals surface area contributed by atoms with Crippen molar-refractivity contribution in [2.45, 2.75) is 0 Å². The van der Waals surface area contributed by atoms with E-state index in [0.29, 0.717) is 23.0 Å². The zero-order valence-electron chi connectivity index (χ0n) is 13.4. The standard InChI is InChI=1S/C15H20N8O/c1-22-6-8-23(9-7-22)14-12(16)13(18-10-19-14)20-21-15(24)11-4-2-3-5-17-11/h2-5,10H,6-9,16H2,1H3,(H,21,24)(H,18,19,20). The van der Waals surface area contributed by atoms with Crippen LogP contribution in [0, 0.1) is 0 Å². The van der Waals surface area contributed by atoms with Crippen LogP contribution in [0.3, 0.4) is 0 Å². The molecule has 0 saturated carbocycles. The molecule has 0 aliphatic carbocycles. The molecule has 24 heavy (non-hydrogen) atoms. The highest BCUT2D eigenvalue weighted by molar-refractivity contribution is 5.93. The van der Waals surface area contributed by atoms with Gasteiger partial charge in [0.2, 0.25) is 0 Å². The summed E-state index contributed by atoms with van der Waals surface area (Å²) in [4.78, 5) is 28.7. The first-order valence-corrected chi connectivity index (χ1v) is 7.66. The van der Waals surface area contributed by atoms with Gasteiger partial charge in [0.15, 0.2) is 11.6 Å². The average Bonchev–Trinajstić information content (AvgIpc) is 2.62. The maximum Gasteiger partial charge on any atom is 0.288 e. The fraction of sp³-hybridized carbons (Fsp3) is 0.333. The first-order valence-electron chi connectivity index (χ1n) is 7.66. The molecule has 0 aromatic carbocycles. The van der Waals surface area contributed by atoms with Crippen molar-refractivity contribution in [2.75, 3.05) is 49.3 Å². The Morgan fingerprint density at radius 3 is 2.67 bits per heavy atom. The van der Waals surface area contributed by atoms with E-state index in [2.05, 4.69) is 42.7 Å². The number of anilines is 3. The number of nitrogen functional groups attached to an aromatic ring is 1. The number of hydrogen-bond donors (Lipinski definition) is 3. The first kappa shape index (κ1) is 15.9. The van der Waals surface area contributed by atoms with Gasteiger partial charge in [0.05, 0.1) is 0 Å². The molecule has 0 bridgehead atoms. The summed E-state index contributed by atoms with van der Waals surface area (Å²) < 4.78 is 0. The van der Waals surface area contributed by atoms with E-state index in [4.69, 9.17) is 5.73 Å². The third-order valence-corrected chi connectivity index (χ3v) is 3.86. The van der Waals surface area contributed by atoms with Gasteiger partial charge in [-0.3, -0.25) is 20.6 Å². The molecule has 2 aromatic heterocycles. The van der Waals surface area contributed by atoms with Crippen molar-refractivity contribution >= 4 is 23.2 Å². The molecule has 1 aliphatic heterocycles. The van der Waals surface area contributed by atoms with Crippen LogP contribution < -0.4 is 21.5 Å². The van der Waals surface area contributed by atoms with Gasteiger partial charge in [-0.05, 0) is 19.2 Å². The summed E-state index contributed by atoms with van der Waals surface area (Å²) in [5.74, 6) is 0.672. The first-order chi connectivity index (χ1) is 11.6. The van der Waals surface area contributed by atoms with Crippen LogP contribution in [-0.4, -0.2) is 59.0 Å². The lowest BCUT2D eigenvalue weighted by atomic mass is 10.3. The molecule has 3 rings (SSSR count). The number of carbonyl (C=O) groups excluding carboxylic acids is 1. The van der Waals surface area contributed by atoms with E-state index >= 15 is 0 Å². The summed E-state index contributed by atoms with van der Waals surface area (Å²) in [7, 11) is 2.08. The van der Waals surface area contributed by atoms with Gasteiger partial charge in [0.1, 0.15) is 17.7 Å². The van der Waals surface area contributed by atoms with Crippen LogP contribution in [0.5, 0.6) is 0 Å². The van der Waals surface area contributed by atoms with Crippen LogP contribution in [-0.2, 0) is 0 Å². The number of nitrogens with two attached hydrogens (primary N) is 1. The zero-order chi connectivity index (χ0) is 16.9. The molecule has 1 saturated heterocycles. The number of piperazine rings is 1. The fourth-order valence-corrected chi connectivity index (χ4v) is 2.43. The van der Waals surface area contributed by atoms with Crippen molar-refractivity contribution < 1.29 is 4.79 Å². The number of pyridine rings is 1. The summed E-state index contributed by atoms with van der Waals surface area (Å²) >= 11 is 0. The van der Waals surface area contributed by atoms with Crippen molar-refractivity contribution in [3.05, 3.63) is 36.4 Å². The monoisotopic (exact) mass is 328 g/mol. The van der Waals surface area contributed by atoms with Crippen LogP contribution in [0.4, 0.5) is 17.3 Å². The van der Waals surface area contributed by atoms with E-state index in [1.54, 1.807) is 24.4 Å². The van der Waals surface area contributed by atoms with Crippen LogP contribution in [0.1, 0.15) is 10.5 Å². The maximum atomic E-state index is 12.0. The predicted molar refractivity (Wildman–Crippen MR) is 91.5 cm³/mol. The number of aromatic nitrogens is 3. The van der Waals surface area contributed by atoms with Gasteiger partial charge in [-0.15, -0.1) is 0 Å². The van der Waals surface area contributed by atoms with Crippen molar-refractivity contribution in [3.8, 4) is 0 Å². The molecular formula is C15H20N8O. The van der Waals surface area contributed by atoms with Gasteiger partial charge in [-0.2, -0.15) is 0 Å². The minimum Gasteiger partial charge on any atom is -0.393 e. The smallest absolute Gasteiger partial charge is 0.288 e. The van der Waals surface area contributed by atoms with Gasteiger partial charge >= 0.3 is 0 Å². The van der Waals surface area contributed by atoms with Crippen LogP contribution in [0.15, 0.2) is 30.7 Å². The molecule has 9 nitrogen and oxygen atoms in total. The molecule has 1 aliphatic rings. The van der Waals surface area contributed by atoms with Crippen molar-refractivity contribution in [1.82, 2.24) is 25.3 Å². The van der Waals surface area contributed by atoms with Gasteiger partial charge in [-0.1, -0.05) is 6.07 Å². The fourth-order valence-electron chi connectivity index (χ4n) is 2.43. The largest absolute Gasteiger partial charge is 0.393 e.